The van der Waals surface area contributed by atoms with Crippen molar-refractivity contribution in [3.63, 3.8) is 0 Å². The van der Waals surface area contributed by atoms with Crippen LogP contribution in [-0.4, -0.2) is 35.3 Å². The monoisotopic (exact) mass is 470 g/mol. The highest BCUT2D eigenvalue weighted by atomic mass is 32.2. The Balaban J connectivity index is 1.51. The van der Waals surface area contributed by atoms with Crippen molar-refractivity contribution in [3.8, 4) is 0 Å². The number of carbonyl (C=O) groups is 1. The van der Waals surface area contributed by atoms with Gasteiger partial charge < -0.3 is 5.11 Å². The van der Waals surface area contributed by atoms with Crippen LogP contribution in [0, 0.1) is 0 Å². The van der Waals surface area contributed by atoms with Crippen LogP contribution >= 0.6 is 11.3 Å². The van der Waals surface area contributed by atoms with Gasteiger partial charge in [0.05, 0.1) is 17.5 Å². The maximum absolute atomic E-state index is 13.1. The molecule has 1 N–H and O–H groups in total. The number of hydrogen-bond donors (Lipinski definition) is 1. The first-order valence-electron chi connectivity index (χ1n) is 10.7. The summed E-state index contributed by atoms with van der Waals surface area (Å²) in [5, 5.41) is 10.3. The summed E-state index contributed by atoms with van der Waals surface area (Å²) in [5.41, 5.74) is 2.50. The summed E-state index contributed by atoms with van der Waals surface area (Å²) < 4.78 is 27.8. The van der Waals surface area contributed by atoms with Gasteiger partial charge >= 0.3 is 5.97 Å². The molecule has 32 heavy (non-hydrogen) atoms. The van der Waals surface area contributed by atoms with Crippen molar-refractivity contribution in [2.75, 3.05) is 6.54 Å². The average Bonchev–Trinajstić information content (AvgIpc) is 3.43. The van der Waals surface area contributed by atoms with Crippen molar-refractivity contribution in [1.29, 1.82) is 0 Å². The minimum atomic E-state index is -3.53. The van der Waals surface area contributed by atoms with Gasteiger partial charge in [0.15, 0.2) is 0 Å². The molecule has 6 nitrogen and oxygen atoms in total. The fraction of sp³-hybridized carbons (Fsp3) is 0.333. The molecule has 4 rings (SSSR count). The Morgan fingerprint density at radius 3 is 2.34 bits per heavy atom. The molecule has 8 heteroatoms. The lowest BCUT2D eigenvalue weighted by Gasteiger charge is -2.22. The molecule has 1 fully saturated rings. The van der Waals surface area contributed by atoms with E-state index in [1.54, 1.807) is 12.1 Å². The maximum atomic E-state index is 13.1. The smallest absolute Gasteiger partial charge is 0.347 e. The number of aryl methyl sites for hydroxylation is 2. The number of sulfonamides is 1. The first-order valence-corrected chi connectivity index (χ1v) is 13.2. The van der Waals surface area contributed by atoms with Crippen molar-refractivity contribution in [2.45, 2.75) is 43.9 Å². The molecular formula is C24H26N2O4S2. The highest BCUT2D eigenvalue weighted by molar-refractivity contribution is 7.88. The zero-order valence-corrected chi connectivity index (χ0v) is 19.3. The van der Waals surface area contributed by atoms with Gasteiger partial charge in [-0.3, -0.25) is 0 Å². The lowest BCUT2D eigenvalue weighted by molar-refractivity contribution is 0.0700. The molecule has 1 aliphatic heterocycles. The second kappa shape index (κ2) is 9.94. The molecule has 168 valence electrons. The summed E-state index contributed by atoms with van der Waals surface area (Å²) in [7, 11) is -3.53. The predicted octanol–water partition coefficient (Wildman–Crippen LogP) is 4.68. The number of aromatic nitrogens is 1. The van der Waals surface area contributed by atoms with Gasteiger partial charge in [-0.05, 0) is 43.2 Å². The van der Waals surface area contributed by atoms with E-state index in [0.717, 1.165) is 36.2 Å². The third-order valence-corrected chi connectivity index (χ3v) is 8.70. The van der Waals surface area contributed by atoms with E-state index in [2.05, 4.69) is 17.1 Å². The Bertz CT molecular complexity index is 1160. The van der Waals surface area contributed by atoms with Gasteiger partial charge in [-0.1, -0.05) is 60.7 Å². The second-order valence-corrected chi connectivity index (χ2v) is 10.9. The van der Waals surface area contributed by atoms with Crippen molar-refractivity contribution < 1.29 is 18.3 Å². The fourth-order valence-corrected chi connectivity index (χ4v) is 7.09. The van der Waals surface area contributed by atoms with Crippen LogP contribution in [0.25, 0.3) is 0 Å². The molecular weight excluding hydrogens is 444 g/mol. The molecule has 0 aliphatic carbocycles. The van der Waals surface area contributed by atoms with Gasteiger partial charge in [0, 0.05) is 6.54 Å². The Morgan fingerprint density at radius 2 is 1.69 bits per heavy atom. The van der Waals surface area contributed by atoms with Crippen molar-refractivity contribution >= 4 is 27.3 Å². The quantitative estimate of drug-likeness (QED) is 0.490. The second-order valence-electron chi connectivity index (χ2n) is 7.98. The van der Waals surface area contributed by atoms with Crippen molar-refractivity contribution in [1.82, 2.24) is 9.29 Å². The van der Waals surface area contributed by atoms with E-state index in [1.165, 1.54) is 9.87 Å². The minimum Gasteiger partial charge on any atom is -0.477 e. The number of carboxylic acid groups (broad SMARTS) is 1. The molecule has 0 radical (unpaired) electrons. The largest absolute Gasteiger partial charge is 0.477 e. The SMILES string of the molecule is O=C(O)c1sc([C@H]2CCCN2S(=O)(=O)Cc2ccccc2)nc1CCCc1ccccc1. The standard InChI is InChI=1S/C24H26N2O4S2/c27-24(28)22-20(14-7-13-18-9-3-1-4-10-18)25-23(31-22)21-15-8-16-26(21)32(29,30)17-19-11-5-2-6-12-19/h1-6,9-12,21H,7-8,13-17H2,(H,27,28)/t21-/m1/s1. The van der Waals surface area contributed by atoms with E-state index >= 15 is 0 Å². The van der Waals surface area contributed by atoms with Crippen LogP contribution in [-0.2, 0) is 28.6 Å². The summed E-state index contributed by atoms with van der Waals surface area (Å²) in [5.74, 6) is -1.06. The lowest BCUT2D eigenvalue weighted by atomic mass is 10.1. The van der Waals surface area contributed by atoms with Crippen LogP contribution < -0.4 is 0 Å². The number of nitrogens with zero attached hydrogens (tertiary/aromatic N) is 2. The molecule has 1 aromatic heterocycles. The van der Waals surface area contributed by atoms with Crippen LogP contribution in [0.5, 0.6) is 0 Å². The van der Waals surface area contributed by atoms with Gasteiger partial charge in [0.25, 0.3) is 0 Å². The zero-order chi connectivity index (χ0) is 22.6. The maximum Gasteiger partial charge on any atom is 0.347 e. The highest BCUT2D eigenvalue weighted by Gasteiger charge is 2.37. The van der Waals surface area contributed by atoms with E-state index in [0.29, 0.717) is 30.1 Å². The molecule has 1 aliphatic rings. The van der Waals surface area contributed by atoms with Crippen LogP contribution in [0.2, 0.25) is 0 Å². The Kier molecular flexibility index (Phi) is 7.03. The molecule has 0 spiro atoms. The molecule has 2 aromatic carbocycles. The third-order valence-electron chi connectivity index (χ3n) is 5.67. The minimum absolute atomic E-state index is 0.0641. The number of rotatable bonds is 9. The molecule has 3 aromatic rings. The summed E-state index contributed by atoms with van der Waals surface area (Å²) >= 11 is 1.12. The Morgan fingerprint density at radius 1 is 1.03 bits per heavy atom. The average molecular weight is 471 g/mol. The number of thiazole rings is 1. The molecule has 2 heterocycles. The topological polar surface area (TPSA) is 87.6 Å². The fourth-order valence-electron chi connectivity index (χ4n) is 4.14. The van der Waals surface area contributed by atoms with E-state index in [9.17, 15) is 18.3 Å². The van der Waals surface area contributed by atoms with Gasteiger partial charge in [-0.25, -0.2) is 18.2 Å². The van der Waals surface area contributed by atoms with Gasteiger partial charge in [-0.15, -0.1) is 11.3 Å². The summed E-state index contributed by atoms with van der Waals surface area (Å²) in [6, 6.07) is 18.8. The lowest BCUT2D eigenvalue weighted by Crippen LogP contribution is -2.31. The number of benzene rings is 2. The van der Waals surface area contributed by atoms with Gasteiger partial charge in [0.2, 0.25) is 10.0 Å². The predicted molar refractivity (Wildman–Crippen MR) is 125 cm³/mol. The highest BCUT2D eigenvalue weighted by Crippen LogP contribution is 2.38. The van der Waals surface area contributed by atoms with E-state index in [4.69, 9.17) is 0 Å². The van der Waals surface area contributed by atoms with Crippen LogP contribution in [0.4, 0.5) is 0 Å². The number of aromatic carboxylic acids is 1. The first kappa shape index (κ1) is 22.6. The summed E-state index contributed by atoms with van der Waals surface area (Å²) in [6.07, 6.45) is 3.58. The van der Waals surface area contributed by atoms with E-state index in [1.807, 2.05) is 36.4 Å². The normalized spacial score (nSPS) is 16.9. The Labute approximate surface area is 192 Å². The number of carboxylic acids is 1. The molecule has 0 saturated carbocycles. The molecule has 0 unspecified atom stereocenters. The molecule has 0 amide bonds. The zero-order valence-electron chi connectivity index (χ0n) is 17.7. The van der Waals surface area contributed by atoms with Crippen LogP contribution in [0.1, 0.15) is 56.8 Å². The van der Waals surface area contributed by atoms with E-state index in [-0.39, 0.29) is 10.6 Å². The summed E-state index contributed by atoms with van der Waals surface area (Å²) in [6.45, 7) is 0.436. The number of hydrogen-bond acceptors (Lipinski definition) is 5. The third kappa shape index (κ3) is 5.26. The van der Waals surface area contributed by atoms with Crippen molar-refractivity contribution in [3.05, 3.63) is 87.4 Å². The first-order chi connectivity index (χ1) is 15.4. The van der Waals surface area contributed by atoms with Crippen molar-refractivity contribution in [2.24, 2.45) is 0 Å². The van der Waals surface area contributed by atoms with E-state index < -0.39 is 22.0 Å². The summed E-state index contributed by atoms with van der Waals surface area (Å²) in [4.78, 5) is 16.7. The molecule has 1 atom stereocenters. The van der Waals surface area contributed by atoms with Crippen LogP contribution in [0.15, 0.2) is 60.7 Å². The molecule has 0 bridgehead atoms. The van der Waals surface area contributed by atoms with Gasteiger partial charge in [0.1, 0.15) is 9.88 Å². The molecule has 1 saturated heterocycles. The van der Waals surface area contributed by atoms with Crippen LogP contribution in [0.3, 0.4) is 0 Å². The Hall–Kier alpha value is -2.55. The van der Waals surface area contributed by atoms with Gasteiger partial charge in [-0.2, -0.15) is 4.31 Å².